The minimum absolute atomic E-state index is 0.0320. The fourth-order valence-corrected chi connectivity index (χ4v) is 3.24. The van der Waals surface area contributed by atoms with E-state index in [9.17, 15) is 19.5 Å². The first-order valence-corrected chi connectivity index (χ1v) is 8.17. The molecule has 130 valence electrons. The Balaban J connectivity index is 2.06. The molecule has 1 atom stereocenters. The van der Waals surface area contributed by atoms with Crippen LogP contribution in [-0.4, -0.2) is 63.8 Å². The fourth-order valence-electron chi connectivity index (χ4n) is 2.46. The number of hydrogen-bond acceptors (Lipinski definition) is 3. The largest absolute Gasteiger partial charge is 0.465 e. The molecule has 0 radical (unpaired) electrons. The molecule has 3 N–H and O–H groups in total. The predicted octanol–water partition coefficient (Wildman–Crippen LogP) is 2.77. The lowest BCUT2D eigenvalue weighted by Gasteiger charge is -2.38. The number of halogens is 2. The zero-order chi connectivity index (χ0) is 17.9. The molecule has 2 rings (SSSR count). The van der Waals surface area contributed by atoms with E-state index >= 15 is 0 Å². The summed E-state index contributed by atoms with van der Waals surface area (Å²) in [5, 5.41) is 21.4. The summed E-state index contributed by atoms with van der Waals surface area (Å²) in [7, 11) is 0. The first-order chi connectivity index (χ1) is 11.3. The number of benzene rings is 1. The van der Waals surface area contributed by atoms with E-state index in [0.717, 1.165) is 9.80 Å². The number of amides is 3. The third kappa shape index (κ3) is 4.51. The third-order valence-corrected chi connectivity index (χ3v) is 4.52. The summed E-state index contributed by atoms with van der Waals surface area (Å²) in [6.07, 6.45) is -2.46. The molecule has 1 aliphatic rings. The second-order valence-corrected chi connectivity index (χ2v) is 6.53. The fraction of sp³-hybridized carbons (Fsp3) is 0.357. The van der Waals surface area contributed by atoms with Gasteiger partial charge in [-0.25, -0.2) is 9.59 Å². The van der Waals surface area contributed by atoms with Crippen LogP contribution in [0.5, 0.6) is 0 Å². The van der Waals surface area contributed by atoms with Crippen molar-refractivity contribution in [3.8, 4) is 0 Å². The van der Waals surface area contributed by atoms with Crippen LogP contribution in [0.15, 0.2) is 22.7 Å². The monoisotopic (exact) mass is 419 g/mol. The highest BCUT2D eigenvalue weighted by Gasteiger charge is 2.33. The summed E-state index contributed by atoms with van der Waals surface area (Å²) in [6.45, 7) is 0.0730. The van der Waals surface area contributed by atoms with Crippen molar-refractivity contribution in [1.82, 2.24) is 9.80 Å². The van der Waals surface area contributed by atoms with Crippen LogP contribution in [0, 0.1) is 0 Å². The van der Waals surface area contributed by atoms with Gasteiger partial charge in [0.2, 0.25) is 5.91 Å². The van der Waals surface area contributed by atoms with Crippen LogP contribution < -0.4 is 5.32 Å². The SMILES string of the molecule is O=C(CC1CN(C(=O)O)CCN1C(=O)O)Nc1ccc(Cl)cc1Br. The first kappa shape index (κ1) is 18.3. The molecule has 0 aliphatic carbocycles. The Kier molecular flexibility index (Phi) is 5.89. The van der Waals surface area contributed by atoms with Gasteiger partial charge in [0, 0.05) is 35.6 Å². The molecule has 0 spiro atoms. The van der Waals surface area contributed by atoms with E-state index in [2.05, 4.69) is 21.2 Å². The standard InChI is InChI=1S/C14H15BrClN3O5/c15-10-5-8(16)1-2-11(10)17-12(20)6-9-7-18(13(21)22)3-4-19(9)14(23)24/h1-2,5,9H,3-4,6-7H2,(H,17,20)(H,21,22)(H,23,24). The van der Waals surface area contributed by atoms with Gasteiger partial charge in [0.25, 0.3) is 0 Å². The number of anilines is 1. The molecule has 10 heteroatoms. The lowest BCUT2D eigenvalue weighted by atomic mass is 10.1. The Labute approximate surface area is 151 Å². The Morgan fingerprint density at radius 1 is 1.25 bits per heavy atom. The van der Waals surface area contributed by atoms with Crippen LogP contribution in [-0.2, 0) is 4.79 Å². The van der Waals surface area contributed by atoms with E-state index in [-0.39, 0.29) is 26.1 Å². The van der Waals surface area contributed by atoms with Gasteiger partial charge < -0.3 is 25.3 Å². The number of carboxylic acid groups (broad SMARTS) is 2. The molecule has 3 amide bonds. The summed E-state index contributed by atoms with van der Waals surface area (Å²) < 4.78 is 0.592. The topological polar surface area (TPSA) is 110 Å². The average Bonchev–Trinajstić information content (AvgIpc) is 2.49. The van der Waals surface area contributed by atoms with Crippen molar-refractivity contribution in [3.63, 3.8) is 0 Å². The highest BCUT2D eigenvalue weighted by molar-refractivity contribution is 9.10. The lowest BCUT2D eigenvalue weighted by Crippen LogP contribution is -2.56. The second-order valence-electron chi connectivity index (χ2n) is 5.23. The maximum absolute atomic E-state index is 12.2. The van der Waals surface area contributed by atoms with Gasteiger partial charge in [0.1, 0.15) is 0 Å². The molecule has 8 nitrogen and oxygen atoms in total. The van der Waals surface area contributed by atoms with Gasteiger partial charge in [-0.2, -0.15) is 0 Å². The number of piperazine rings is 1. The quantitative estimate of drug-likeness (QED) is 0.696. The van der Waals surface area contributed by atoms with Gasteiger partial charge in [-0.05, 0) is 34.1 Å². The maximum atomic E-state index is 12.2. The lowest BCUT2D eigenvalue weighted by molar-refractivity contribution is -0.117. The van der Waals surface area contributed by atoms with Crippen LogP contribution in [0.3, 0.4) is 0 Å². The molecule has 0 bridgehead atoms. The van der Waals surface area contributed by atoms with Crippen LogP contribution in [0.4, 0.5) is 15.3 Å². The van der Waals surface area contributed by atoms with Crippen LogP contribution in [0.25, 0.3) is 0 Å². The highest BCUT2D eigenvalue weighted by Crippen LogP contribution is 2.26. The first-order valence-electron chi connectivity index (χ1n) is 7.00. The van der Waals surface area contributed by atoms with E-state index in [1.165, 1.54) is 0 Å². The molecule has 24 heavy (non-hydrogen) atoms. The van der Waals surface area contributed by atoms with Gasteiger partial charge in [0.15, 0.2) is 0 Å². The van der Waals surface area contributed by atoms with E-state index in [1.807, 2.05) is 0 Å². The Hall–Kier alpha value is -2.00. The van der Waals surface area contributed by atoms with Crippen molar-refractivity contribution >= 4 is 51.3 Å². The predicted molar refractivity (Wildman–Crippen MR) is 90.5 cm³/mol. The number of nitrogens with one attached hydrogen (secondary N) is 1. The number of nitrogens with zero attached hydrogens (tertiary/aromatic N) is 2. The van der Waals surface area contributed by atoms with Crippen LogP contribution in [0.2, 0.25) is 5.02 Å². The summed E-state index contributed by atoms with van der Waals surface area (Å²) in [6, 6.07) is 4.11. The molecule has 1 aliphatic heterocycles. The normalized spacial score (nSPS) is 17.5. The van der Waals surface area contributed by atoms with Gasteiger partial charge in [-0.1, -0.05) is 11.6 Å². The molecule has 0 aromatic heterocycles. The zero-order valence-electron chi connectivity index (χ0n) is 12.4. The van der Waals surface area contributed by atoms with Gasteiger partial charge >= 0.3 is 12.2 Å². The van der Waals surface area contributed by atoms with Crippen molar-refractivity contribution in [1.29, 1.82) is 0 Å². The summed E-state index contributed by atoms with van der Waals surface area (Å²) in [5.74, 6) is -0.415. The van der Waals surface area contributed by atoms with Crippen LogP contribution in [0.1, 0.15) is 6.42 Å². The van der Waals surface area contributed by atoms with E-state index in [4.69, 9.17) is 16.7 Å². The molecule has 0 saturated carbocycles. The smallest absolute Gasteiger partial charge is 0.407 e. The molecule has 1 fully saturated rings. The molecular formula is C14H15BrClN3O5. The van der Waals surface area contributed by atoms with Crippen molar-refractivity contribution in [2.75, 3.05) is 25.0 Å². The maximum Gasteiger partial charge on any atom is 0.407 e. The third-order valence-electron chi connectivity index (χ3n) is 3.63. The summed E-state index contributed by atoms with van der Waals surface area (Å²) in [5.41, 5.74) is 0.497. The molecular weight excluding hydrogens is 406 g/mol. The molecule has 1 saturated heterocycles. The molecule has 1 unspecified atom stereocenters. The number of hydrogen-bond donors (Lipinski definition) is 3. The Bertz CT molecular complexity index is 672. The number of carbonyl (C=O) groups is 3. The van der Waals surface area contributed by atoms with Crippen LogP contribution >= 0.6 is 27.5 Å². The van der Waals surface area contributed by atoms with Gasteiger partial charge in [0.05, 0.1) is 11.7 Å². The van der Waals surface area contributed by atoms with Crippen molar-refractivity contribution in [3.05, 3.63) is 27.7 Å². The molecule has 1 aromatic rings. The van der Waals surface area contributed by atoms with Crippen molar-refractivity contribution in [2.45, 2.75) is 12.5 Å². The van der Waals surface area contributed by atoms with E-state index in [1.54, 1.807) is 18.2 Å². The number of rotatable bonds is 3. The highest BCUT2D eigenvalue weighted by atomic mass is 79.9. The molecule has 1 aromatic carbocycles. The zero-order valence-corrected chi connectivity index (χ0v) is 14.7. The minimum atomic E-state index is -1.18. The second kappa shape index (κ2) is 7.71. The molecule has 1 heterocycles. The average molecular weight is 421 g/mol. The van der Waals surface area contributed by atoms with Crippen molar-refractivity contribution < 1.29 is 24.6 Å². The van der Waals surface area contributed by atoms with E-state index < -0.39 is 24.1 Å². The Morgan fingerprint density at radius 3 is 2.54 bits per heavy atom. The van der Waals surface area contributed by atoms with Gasteiger partial charge in [-0.3, -0.25) is 4.79 Å². The summed E-state index contributed by atoms with van der Waals surface area (Å²) >= 11 is 9.11. The Morgan fingerprint density at radius 2 is 1.96 bits per heavy atom. The van der Waals surface area contributed by atoms with E-state index in [0.29, 0.717) is 15.2 Å². The summed E-state index contributed by atoms with van der Waals surface area (Å²) in [4.78, 5) is 36.8. The number of carbonyl (C=O) groups excluding carboxylic acids is 1. The van der Waals surface area contributed by atoms with Crippen molar-refractivity contribution in [2.24, 2.45) is 0 Å². The minimum Gasteiger partial charge on any atom is -0.465 e. The van der Waals surface area contributed by atoms with Gasteiger partial charge in [-0.15, -0.1) is 0 Å².